The summed E-state index contributed by atoms with van der Waals surface area (Å²) < 4.78 is 7.34. The van der Waals surface area contributed by atoms with Gasteiger partial charge >= 0.3 is 0 Å². The van der Waals surface area contributed by atoms with Gasteiger partial charge in [0.1, 0.15) is 11.7 Å². The molecular formula is C8H5N3. The Kier molecular flexibility index (Phi) is 0.937. The molecule has 0 saturated carbocycles. The van der Waals surface area contributed by atoms with Crippen LogP contribution in [0.15, 0.2) is 24.5 Å². The van der Waals surface area contributed by atoms with E-state index in [2.05, 4.69) is 4.98 Å². The van der Waals surface area contributed by atoms with E-state index in [9.17, 15) is 0 Å². The molecular weight excluding hydrogens is 138 g/mol. The van der Waals surface area contributed by atoms with Crippen LogP contribution in [-0.2, 0) is 0 Å². The summed E-state index contributed by atoms with van der Waals surface area (Å²) in [4.78, 5) is 5.14. The number of fused-ring (bicyclic) bond motifs is 1. The van der Waals surface area contributed by atoms with Crippen LogP contribution in [0.4, 0.5) is 0 Å². The molecule has 3 heteroatoms. The van der Waals surface area contributed by atoms with Crippen molar-refractivity contribution in [2.24, 2.45) is 0 Å². The predicted molar refractivity (Wildman–Crippen MR) is 40.8 cm³/mol. The van der Waals surface area contributed by atoms with Crippen molar-refractivity contribution in [3.05, 3.63) is 30.1 Å². The maximum atomic E-state index is 8.56. The van der Waals surface area contributed by atoms with Crippen molar-refractivity contribution in [3.8, 4) is 6.07 Å². The van der Waals surface area contributed by atoms with Crippen molar-refractivity contribution in [2.45, 2.75) is 0 Å². The molecule has 3 nitrogen and oxygen atoms in total. The van der Waals surface area contributed by atoms with Gasteiger partial charge in [0.2, 0.25) is 0 Å². The molecule has 2 aromatic rings. The third kappa shape index (κ3) is 0.849. The number of aromatic amines is 1. The molecule has 0 aliphatic carbocycles. The number of pyridine rings is 1. The van der Waals surface area contributed by atoms with Gasteiger partial charge in [0.15, 0.2) is 1.41 Å². The van der Waals surface area contributed by atoms with Gasteiger partial charge in [-0.3, -0.25) is 0 Å². The van der Waals surface area contributed by atoms with E-state index >= 15 is 0 Å². The van der Waals surface area contributed by atoms with Gasteiger partial charge in [0.05, 0.1) is 5.56 Å². The van der Waals surface area contributed by atoms with Gasteiger partial charge < -0.3 is 4.98 Å². The fourth-order valence-electron chi connectivity index (χ4n) is 0.954. The summed E-state index contributed by atoms with van der Waals surface area (Å²) in [6.45, 7) is 0. The molecule has 52 valence electrons. The van der Waals surface area contributed by atoms with E-state index in [1.807, 2.05) is 6.07 Å². The predicted octanol–water partition coefficient (Wildman–Crippen LogP) is 1.43. The van der Waals surface area contributed by atoms with E-state index in [-0.39, 0.29) is 0 Å². The number of nitrogens with one attached hydrogen (secondary N) is 1. The standard InChI is InChI=1S/C8H5N3/c9-4-6-3-7-1-2-10-8(7)11-5-6/h1-3,5H,(H,10,11)/i/hD. The minimum absolute atomic E-state index is 0.522. The maximum Gasteiger partial charge on any atom is 0.167 e. The highest BCUT2D eigenvalue weighted by molar-refractivity contribution is 5.76. The molecule has 0 radical (unpaired) electrons. The van der Waals surface area contributed by atoms with E-state index in [1.54, 1.807) is 18.3 Å². The average molecular weight is 144 g/mol. The molecule has 2 heterocycles. The molecule has 11 heavy (non-hydrogen) atoms. The second-order valence-corrected chi connectivity index (χ2v) is 2.19. The third-order valence-corrected chi connectivity index (χ3v) is 1.48. The first kappa shape index (κ1) is 4.91. The van der Waals surface area contributed by atoms with Crippen molar-refractivity contribution in [1.29, 1.82) is 5.26 Å². The fraction of sp³-hybridized carbons (Fsp3) is 0. The monoisotopic (exact) mass is 144 g/mol. The van der Waals surface area contributed by atoms with Crippen LogP contribution in [0.1, 0.15) is 5.56 Å². The zero-order valence-corrected chi connectivity index (χ0v) is 5.65. The van der Waals surface area contributed by atoms with Crippen LogP contribution in [-0.4, -0.2) is 9.96 Å². The smallest absolute Gasteiger partial charge is 0.167 e. The SMILES string of the molecule is [2H]n1ccc2cc(C#N)cnc21. The van der Waals surface area contributed by atoms with Crippen LogP contribution >= 0.6 is 0 Å². The first-order chi connectivity index (χ1) is 5.81. The van der Waals surface area contributed by atoms with E-state index in [4.69, 9.17) is 6.67 Å². The summed E-state index contributed by atoms with van der Waals surface area (Å²) in [5.41, 5.74) is 1.10. The molecule has 0 aliphatic rings. The van der Waals surface area contributed by atoms with Crippen molar-refractivity contribution in [1.82, 2.24) is 9.96 Å². The van der Waals surface area contributed by atoms with E-state index in [1.165, 1.54) is 11.2 Å². The van der Waals surface area contributed by atoms with Crippen LogP contribution in [0, 0.1) is 11.3 Å². The Morgan fingerprint density at radius 1 is 1.73 bits per heavy atom. The Morgan fingerprint density at radius 3 is 3.45 bits per heavy atom. The molecule has 1 N–H and O–H groups in total. The molecule has 0 spiro atoms. The molecule has 0 amide bonds. The van der Waals surface area contributed by atoms with Crippen LogP contribution in [0.25, 0.3) is 11.0 Å². The van der Waals surface area contributed by atoms with Crippen molar-refractivity contribution >= 4 is 11.0 Å². The minimum Gasteiger partial charge on any atom is -0.346 e. The Morgan fingerprint density at radius 2 is 2.64 bits per heavy atom. The number of aromatic nitrogens is 2. The number of nitrogens with zero attached hydrogens (tertiary/aromatic N) is 2. The number of hydrogen-bond donors (Lipinski definition) is 1. The molecule has 0 bridgehead atoms. The highest BCUT2D eigenvalue weighted by Gasteiger charge is 1.95. The Bertz CT molecular complexity index is 467. The molecule has 0 fully saturated rings. The molecule has 2 rings (SSSR count). The number of rotatable bonds is 0. The summed E-state index contributed by atoms with van der Waals surface area (Å²) in [5, 5.41) is 9.38. The maximum absolute atomic E-state index is 8.56. The Hall–Kier alpha value is -1.82. The second-order valence-electron chi connectivity index (χ2n) is 2.19. The Labute approximate surface area is 64.8 Å². The van der Waals surface area contributed by atoms with Crippen molar-refractivity contribution < 1.29 is 1.41 Å². The van der Waals surface area contributed by atoms with Crippen LogP contribution < -0.4 is 0 Å². The first-order valence-corrected chi connectivity index (χ1v) is 3.18. The van der Waals surface area contributed by atoms with Gasteiger partial charge in [0, 0.05) is 17.8 Å². The topological polar surface area (TPSA) is 52.5 Å². The quantitative estimate of drug-likeness (QED) is 0.608. The molecule has 0 aliphatic heterocycles. The lowest BCUT2D eigenvalue weighted by atomic mass is 10.2. The fourth-order valence-corrected chi connectivity index (χ4v) is 0.954. The van der Waals surface area contributed by atoms with Gasteiger partial charge in [0.25, 0.3) is 0 Å². The lowest BCUT2D eigenvalue weighted by Gasteiger charge is -1.87. The van der Waals surface area contributed by atoms with Gasteiger partial charge in [-0.15, -0.1) is 0 Å². The number of nitriles is 1. The van der Waals surface area contributed by atoms with Gasteiger partial charge in [-0.05, 0) is 12.1 Å². The van der Waals surface area contributed by atoms with Crippen molar-refractivity contribution in [2.75, 3.05) is 0 Å². The second kappa shape index (κ2) is 2.10. The normalized spacial score (nSPS) is 11.0. The summed E-state index contributed by atoms with van der Waals surface area (Å²) in [7, 11) is 0. The minimum atomic E-state index is 0.522. The van der Waals surface area contributed by atoms with Gasteiger partial charge in [-0.1, -0.05) is 0 Å². The zero-order chi connectivity index (χ0) is 8.55. The highest BCUT2D eigenvalue weighted by atomic mass is 14.8. The van der Waals surface area contributed by atoms with Crippen molar-refractivity contribution in [3.63, 3.8) is 0 Å². The number of H-pyrrole nitrogens is 1. The summed E-state index contributed by atoms with van der Waals surface area (Å²) in [6.07, 6.45) is 3.06. The number of hydrogen-bond acceptors (Lipinski definition) is 2. The molecule has 0 aromatic carbocycles. The first-order valence-electron chi connectivity index (χ1n) is 3.62. The summed E-state index contributed by atoms with van der Waals surface area (Å²) >= 11 is 0. The average Bonchev–Trinajstić information content (AvgIpc) is 2.47. The summed E-state index contributed by atoms with van der Waals surface area (Å²) in [6, 6.07) is 5.47. The largest absolute Gasteiger partial charge is 0.346 e. The lowest BCUT2D eigenvalue weighted by molar-refractivity contribution is 1.31. The Balaban J connectivity index is 2.80. The highest BCUT2D eigenvalue weighted by Crippen LogP contribution is 2.09. The van der Waals surface area contributed by atoms with E-state index < -0.39 is 0 Å². The van der Waals surface area contributed by atoms with Crippen LogP contribution in [0.3, 0.4) is 0 Å². The molecule has 0 unspecified atom stereocenters. The van der Waals surface area contributed by atoms with Crippen LogP contribution in [0.5, 0.6) is 0 Å². The summed E-state index contributed by atoms with van der Waals surface area (Å²) in [5.74, 6) is 0. The van der Waals surface area contributed by atoms with Gasteiger partial charge in [-0.25, -0.2) is 4.98 Å². The van der Waals surface area contributed by atoms with E-state index in [0.717, 1.165) is 5.39 Å². The van der Waals surface area contributed by atoms with E-state index in [0.29, 0.717) is 11.2 Å². The molecule has 0 saturated heterocycles. The third-order valence-electron chi connectivity index (χ3n) is 1.48. The zero-order valence-electron chi connectivity index (χ0n) is 6.65. The molecule has 2 aromatic heterocycles. The molecule has 0 atom stereocenters. The van der Waals surface area contributed by atoms with Gasteiger partial charge in [-0.2, -0.15) is 5.26 Å². The van der Waals surface area contributed by atoms with Crippen LogP contribution in [0.2, 0.25) is 1.41 Å². The lowest BCUT2D eigenvalue weighted by Crippen LogP contribution is -1.78.